The lowest BCUT2D eigenvalue weighted by Crippen LogP contribution is -2.31. The molecule has 1 aliphatic rings. The molecule has 0 radical (unpaired) electrons. The molecule has 7 heteroatoms. The lowest BCUT2D eigenvalue weighted by molar-refractivity contribution is 0.0949. The Kier molecular flexibility index (Phi) is 5.08. The number of rotatable bonds is 5. The Morgan fingerprint density at radius 2 is 2.21 bits per heavy atom. The van der Waals surface area contributed by atoms with Gasteiger partial charge in [-0.15, -0.1) is 0 Å². The number of hydrogen-bond acceptors (Lipinski definition) is 5. The molecule has 3 heterocycles. The summed E-state index contributed by atoms with van der Waals surface area (Å²) in [4.78, 5) is 16.9. The molecule has 1 amide bonds. The average molecular weight is 377 g/mol. The maximum Gasteiger partial charge on any atom is 0.255 e. The Bertz CT molecular complexity index is 1010. The molecule has 1 aliphatic heterocycles. The first-order valence-electron chi connectivity index (χ1n) is 9.34. The highest BCUT2D eigenvalue weighted by atomic mass is 16.5. The van der Waals surface area contributed by atoms with Crippen LogP contribution >= 0.6 is 0 Å². The number of ether oxygens (including phenoxy) is 1. The smallest absolute Gasteiger partial charge is 0.255 e. The van der Waals surface area contributed by atoms with Gasteiger partial charge in [0.05, 0.1) is 24.0 Å². The first kappa shape index (κ1) is 18.2. The second-order valence-corrected chi connectivity index (χ2v) is 6.89. The van der Waals surface area contributed by atoms with Crippen LogP contribution in [0.4, 0.5) is 0 Å². The van der Waals surface area contributed by atoms with E-state index in [0.29, 0.717) is 24.5 Å². The van der Waals surface area contributed by atoms with Gasteiger partial charge in [0, 0.05) is 31.9 Å². The van der Waals surface area contributed by atoms with Crippen LogP contribution in [0.25, 0.3) is 0 Å². The number of hydrogen-bond donors (Lipinski definition) is 2. The van der Waals surface area contributed by atoms with Crippen LogP contribution in [-0.2, 0) is 19.6 Å². The number of amides is 1. The fourth-order valence-electron chi connectivity index (χ4n) is 3.21. The van der Waals surface area contributed by atoms with Crippen molar-refractivity contribution in [1.29, 1.82) is 0 Å². The lowest BCUT2D eigenvalue weighted by atomic mass is 10.1. The van der Waals surface area contributed by atoms with Gasteiger partial charge >= 0.3 is 0 Å². The third-order valence-corrected chi connectivity index (χ3v) is 5.01. The summed E-state index contributed by atoms with van der Waals surface area (Å²) in [7, 11) is 0. The summed E-state index contributed by atoms with van der Waals surface area (Å²) in [6.45, 7) is 6.78. The zero-order valence-corrected chi connectivity index (χ0v) is 16.0. The summed E-state index contributed by atoms with van der Waals surface area (Å²) in [5.74, 6) is 1.17. The Morgan fingerprint density at radius 3 is 3.11 bits per heavy atom. The highest BCUT2D eigenvalue weighted by molar-refractivity contribution is 5.95. The van der Waals surface area contributed by atoms with E-state index in [2.05, 4.69) is 20.7 Å². The van der Waals surface area contributed by atoms with Gasteiger partial charge in [-0.1, -0.05) is 12.1 Å². The normalized spacial score (nSPS) is 13.1. The van der Waals surface area contributed by atoms with E-state index in [4.69, 9.17) is 4.74 Å². The van der Waals surface area contributed by atoms with E-state index in [1.165, 1.54) is 5.56 Å². The molecule has 7 nitrogen and oxygen atoms in total. The molecular formula is C21H23N5O2. The van der Waals surface area contributed by atoms with Crippen molar-refractivity contribution in [2.45, 2.75) is 33.5 Å². The van der Waals surface area contributed by atoms with Gasteiger partial charge in [-0.05, 0) is 42.7 Å². The van der Waals surface area contributed by atoms with E-state index in [1.54, 1.807) is 12.4 Å². The number of nitrogens with zero attached hydrogens (tertiary/aromatic N) is 3. The van der Waals surface area contributed by atoms with Gasteiger partial charge in [-0.3, -0.25) is 9.48 Å². The summed E-state index contributed by atoms with van der Waals surface area (Å²) < 4.78 is 7.82. The quantitative estimate of drug-likeness (QED) is 0.715. The van der Waals surface area contributed by atoms with Crippen molar-refractivity contribution in [3.05, 3.63) is 70.7 Å². The number of pyridine rings is 1. The van der Waals surface area contributed by atoms with Crippen LogP contribution in [0.3, 0.4) is 0 Å². The van der Waals surface area contributed by atoms with Crippen LogP contribution in [0.5, 0.6) is 11.6 Å². The lowest BCUT2D eigenvalue weighted by Gasteiger charge is -2.16. The van der Waals surface area contributed by atoms with Gasteiger partial charge < -0.3 is 15.4 Å². The van der Waals surface area contributed by atoms with Crippen molar-refractivity contribution in [1.82, 2.24) is 25.4 Å². The molecule has 0 fully saturated rings. The number of benzene rings is 1. The van der Waals surface area contributed by atoms with Crippen LogP contribution in [0, 0.1) is 13.8 Å². The minimum absolute atomic E-state index is 0.126. The van der Waals surface area contributed by atoms with Crippen molar-refractivity contribution in [2.24, 2.45) is 0 Å². The molecule has 0 unspecified atom stereocenters. The number of aryl methyl sites for hydroxylation is 1. The molecule has 0 saturated carbocycles. The fourth-order valence-corrected chi connectivity index (χ4v) is 3.21. The minimum Gasteiger partial charge on any atom is -0.439 e. The highest BCUT2D eigenvalue weighted by Gasteiger charge is 2.19. The summed E-state index contributed by atoms with van der Waals surface area (Å²) in [5.41, 5.74) is 4.72. The van der Waals surface area contributed by atoms with Crippen molar-refractivity contribution >= 4 is 5.91 Å². The second-order valence-electron chi connectivity index (χ2n) is 6.89. The van der Waals surface area contributed by atoms with Crippen LogP contribution in [0.1, 0.15) is 32.7 Å². The molecule has 0 spiro atoms. The van der Waals surface area contributed by atoms with Gasteiger partial charge in [0.25, 0.3) is 5.91 Å². The van der Waals surface area contributed by atoms with Crippen LogP contribution in [-0.4, -0.2) is 27.2 Å². The van der Waals surface area contributed by atoms with Crippen molar-refractivity contribution in [3.63, 3.8) is 0 Å². The number of fused-ring (bicyclic) bond motifs is 1. The summed E-state index contributed by atoms with van der Waals surface area (Å²) >= 11 is 0. The first-order valence-corrected chi connectivity index (χ1v) is 9.34. The van der Waals surface area contributed by atoms with Crippen molar-refractivity contribution in [3.8, 4) is 11.6 Å². The third-order valence-electron chi connectivity index (χ3n) is 5.01. The molecule has 28 heavy (non-hydrogen) atoms. The Hall–Kier alpha value is -3.19. The van der Waals surface area contributed by atoms with Crippen molar-refractivity contribution in [2.75, 3.05) is 6.54 Å². The molecule has 4 rings (SSSR count). The predicted molar refractivity (Wildman–Crippen MR) is 105 cm³/mol. The van der Waals surface area contributed by atoms with E-state index in [-0.39, 0.29) is 5.91 Å². The Morgan fingerprint density at radius 1 is 1.32 bits per heavy atom. The fraction of sp³-hybridized carbons (Fsp3) is 0.286. The molecule has 144 valence electrons. The maximum atomic E-state index is 12.6. The summed E-state index contributed by atoms with van der Waals surface area (Å²) in [6.07, 6.45) is 3.33. The van der Waals surface area contributed by atoms with Crippen LogP contribution in [0.2, 0.25) is 0 Å². The maximum absolute atomic E-state index is 12.6. The van der Waals surface area contributed by atoms with Crippen LogP contribution in [0.15, 0.2) is 42.7 Å². The average Bonchev–Trinajstić information content (AvgIpc) is 3.14. The number of carbonyl (C=O) groups is 1. The first-order chi connectivity index (χ1) is 13.6. The number of aromatic nitrogens is 3. The largest absolute Gasteiger partial charge is 0.439 e. The highest BCUT2D eigenvalue weighted by Crippen LogP contribution is 2.26. The molecule has 0 atom stereocenters. The van der Waals surface area contributed by atoms with E-state index in [0.717, 1.165) is 35.7 Å². The van der Waals surface area contributed by atoms with E-state index in [9.17, 15) is 4.79 Å². The molecule has 2 aromatic heterocycles. The summed E-state index contributed by atoms with van der Waals surface area (Å²) in [5, 5.41) is 10.5. The Balaban J connectivity index is 1.43. The minimum atomic E-state index is -0.126. The predicted octanol–water partition coefficient (Wildman–Crippen LogP) is 2.72. The zero-order valence-electron chi connectivity index (χ0n) is 16.0. The molecule has 3 aromatic rings. The van der Waals surface area contributed by atoms with Crippen LogP contribution < -0.4 is 15.4 Å². The zero-order chi connectivity index (χ0) is 19.5. The third kappa shape index (κ3) is 3.75. The van der Waals surface area contributed by atoms with Gasteiger partial charge in [0.2, 0.25) is 5.88 Å². The molecule has 1 aromatic carbocycles. The molecule has 0 saturated heterocycles. The van der Waals surface area contributed by atoms with Gasteiger partial charge in [0.15, 0.2) is 0 Å². The monoisotopic (exact) mass is 377 g/mol. The Labute approximate surface area is 163 Å². The molecule has 2 N–H and O–H groups in total. The second kappa shape index (κ2) is 7.82. The van der Waals surface area contributed by atoms with E-state index in [1.807, 2.05) is 48.9 Å². The van der Waals surface area contributed by atoms with E-state index < -0.39 is 0 Å². The van der Waals surface area contributed by atoms with E-state index >= 15 is 0 Å². The SMILES string of the molecule is Cc1cccc(Oc2cc(CNC(=O)c3cnn4c3CNCC4)ccn2)c1C. The van der Waals surface area contributed by atoms with Gasteiger partial charge in [-0.25, -0.2) is 4.98 Å². The number of carbonyl (C=O) groups excluding carboxylic acids is 1. The molecular weight excluding hydrogens is 354 g/mol. The molecule has 0 bridgehead atoms. The standard InChI is InChI=1S/C21H23N5O2/c1-14-4-3-5-19(15(14)2)28-20-10-16(6-7-23-20)11-24-21(27)17-12-25-26-9-8-22-13-18(17)26/h3-7,10,12,22H,8-9,11,13H2,1-2H3,(H,24,27). The summed E-state index contributed by atoms with van der Waals surface area (Å²) in [6, 6.07) is 9.65. The molecule has 0 aliphatic carbocycles. The number of nitrogens with one attached hydrogen (secondary N) is 2. The van der Waals surface area contributed by atoms with Gasteiger partial charge in [-0.2, -0.15) is 5.10 Å². The topological polar surface area (TPSA) is 81.1 Å². The van der Waals surface area contributed by atoms with Gasteiger partial charge in [0.1, 0.15) is 5.75 Å². The van der Waals surface area contributed by atoms with Crippen molar-refractivity contribution < 1.29 is 9.53 Å².